The average Bonchev–Trinajstić information content (AvgIpc) is 2.52. The van der Waals surface area contributed by atoms with Crippen LogP contribution < -0.4 is 0 Å². The van der Waals surface area contributed by atoms with Crippen molar-refractivity contribution in [3.63, 3.8) is 0 Å². The molecule has 21 heavy (non-hydrogen) atoms. The maximum Gasteiger partial charge on any atom is 0.297 e. The minimum Gasteiger partial charge on any atom is -0.266 e. The van der Waals surface area contributed by atoms with E-state index in [9.17, 15) is 8.42 Å². The van der Waals surface area contributed by atoms with E-state index in [1.54, 1.807) is 12.1 Å². The fourth-order valence-corrected chi connectivity index (χ4v) is 3.69. The Morgan fingerprint density at radius 3 is 2.43 bits per heavy atom. The van der Waals surface area contributed by atoms with Gasteiger partial charge in [-0.15, -0.1) is 0 Å². The van der Waals surface area contributed by atoms with Crippen LogP contribution in [0, 0.1) is 0 Å². The smallest absolute Gasteiger partial charge is 0.266 e. The van der Waals surface area contributed by atoms with E-state index < -0.39 is 10.1 Å². The van der Waals surface area contributed by atoms with Gasteiger partial charge in [0.25, 0.3) is 10.1 Å². The topological polar surface area (TPSA) is 43.4 Å². The quantitative estimate of drug-likeness (QED) is 0.538. The molecule has 0 radical (unpaired) electrons. The summed E-state index contributed by atoms with van der Waals surface area (Å²) in [5.74, 6) is 0. The van der Waals surface area contributed by atoms with Gasteiger partial charge in [-0.3, -0.25) is 4.18 Å². The SMILES string of the molecule is CCCOS(=O)(=O)c1cccc2c1ccc1ccccc12. The van der Waals surface area contributed by atoms with Crippen LogP contribution in [0.5, 0.6) is 0 Å². The summed E-state index contributed by atoms with van der Waals surface area (Å²) >= 11 is 0. The van der Waals surface area contributed by atoms with E-state index in [1.165, 1.54) is 0 Å². The minimum absolute atomic E-state index is 0.201. The van der Waals surface area contributed by atoms with Crippen molar-refractivity contribution in [3.8, 4) is 0 Å². The van der Waals surface area contributed by atoms with E-state index >= 15 is 0 Å². The molecule has 108 valence electrons. The first-order valence-corrected chi connectivity index (χ1v) is 8.34. The second-order valence-electron chi connectivity index (χ2n) is 4.91. The van der Waals surface area contributed by atoms with Gasteiger partial charge in [0.05, 0.1) is 6.61 Å². The van der Waals surface area contributed by atoms with Crippen LogP contribution in [0.2, 0.25) is 0 Å². The molecule has 3 aromatic rings. The van der Waals surface area contributed by atoms with Crippen LogP contribution in [0.4, 0.5) is 0 Å². The highest BCUT2D eigenvalue weighted by atomic mass is 32.2. The van der Waals surface area contributed by atoms with Gasteiger partial charge in [-0.1, -0.05) is 55.5 Å². The maximum atomic E-state index is 12.3. The lowest BCUT2D eigenvalue weighted by molar-refractivity contribution is 0.318. The van der Waals surface area contributed by atoms with Crippen LogP contribution in [-0.2, 0) is 14.3 Å². The highest BCUT2D eigenvalue weighted by Gasteiger charge is 2.18. The van der Waals surface area contributed by atoms with Crippen molar-refractivity contribution in [3.05, 3.63) is 54.6 Å². The zero-order chi connectivity index (χ0) is 14.9. The molecule has 0 fully saturated rings. The lowest BCUT2D eigenvalue weighted by Crippen LogP contribution is -2.07. The fourth-order valence-electron chi connectivity index (χ4n) is 2.49. The van der Waals surface area contributed by atoms with Gasteiger partial charge in [-0.25, -0.2) is 0 Å². The van der Waals surface area contributed by atoms with Gasteiger partial charge in [0, 0.05) is 5.39 Å². The monoisotopic (exact) mass is 300 g/mol. The zero-order valence-corrected chi connectivity index (χ0v) is 12.6. The van der Waals surface area contributed by atoms with Crippen molar-refractivity contribution in [1.29, 1.82) is 0 Å². The van der Waals surface area contributed by atoms with Gasteiger partial charge >= 0.3 is 0 Å². The largest absolute Gasteiger partial charge is 0.297 e. The second-order valence-corrected chi connectivity index (χ2v) is 6.50. The number of hydrogen-bond acceptors (Lipinski definition) is 3. The van der Waals surface area contributed by atoms with Crippen LogP contribution in [0.1, 0.15) is 13.3 Å². The predicted molar refractivity (Wildman–Crippen MR) is 84.9 cm³/mol. The summed E-state index contributed by atoms with van der Waals surface area (Å²) in [7, 11) is -3.72. The molecule has 0 saturated carbocycles. The Morgan fingerprint density at radius 1 is 0.857 bits per heavy atom. The number of benzene rings is 3. The summed E-state index contributed by atoms with van der Waals surface area (Å²) in [6.45, 7) is 2.08. The molecule has 0 aliphatic heterocycles. The van der Waals surface area contributed by atoms with Crippen molar-refractivity contribution in [2.45, 2.75) is 18.2 Å². The van der Waals surface area contributed by atoms with E-state index in [-0.39, 0.29) is 11.5 Å². The van der Waals surface area contributed by atoms with Crippen molar-refractivity contribution in [2.75, 3.05) is 6.61 Å². The second kappa shape index (κ2) is 5.47. The van der Waals surface area contributed by atoms with Gasteiger partial charge in [0.15, 0.2) is 0 Å². The summed E-state index contributed by atoms with van der Waals surface area (Å²) in [6.07, 6.45) is 0.660. The van der Waals surface area contributed by atoms with E-state index in [0.717, 1.165) is 16.2 Å². The molecule has 0 aliphatic rings. The Bertz CT molecular complexity index is 898. The summed E-state index contributed by atoms with van der Waals surface area (Å²) in [5, 5.41) is 3.76. The van der Waals surface area contributed by atoms with Crippen LogP contribution in [0.3, 0.4) is 0 Å². The number of hydrogen-bond donors (Lipinski definition) is 0. The normalized spacial score (nSPS) is 12.0. The fraction of sp³-hybridized carbons (Fsp3) is 0.176. The Labute approximate surface area is 124 Å². The molecule has 0 unspecified atom stereocenters. The number of rotatable bonds is 4. The van der Waals surface area contributed by atoms with Crippen LogP contribution in [-0.4, -0.2) is 15.0 Å². The Morgan fingerprint density at radius 2 is 1.62 bits per heavy atom. The summed E-state index contributed by atoms with van der Waals surface area (Å²) in [5.41, 5.74) is 0. The van der Waals surface area contributed by atoms with E-state index in [2.05, 4.69) is 0 Å². The Hall–Kier alpha value is -1.91. The number of fused-ring (bicyclic) bond motifs is 3. The van der Waals surface area contributed by atoms with E-state index in [4.69, 9.17) is 4.18 Å². The Balaban J connectivity index is 2.28. The predicted octanol–water partition coefficient (Wildman–Crippen LogP) is 4.11. The summed E-state index contributed by atoms with van der Waals surface area (Å²) < 4.78 is 29.7. The van der Waals surface area contributed by atoms with E-state index in [0.29, 0.717) is 11.8 Å². The molecular formula is C17H16O3S. The molecule has 0 aromatic heterocycles. The maximum absolute atomic E-state index is 12.3. The highest BCUT2D eigenvalue weighted by Crippen LogP contribution is 2.30. The third-order valence-corrected chi connectivity index (χ3v) is 4.83. The molecular weight excluding hydrogens is 284 g/mol. The lowest BCUT2D eigenvalue weighted by atomic mass is 10.0. The third-order valence-electron chi connectivity index (χ3n) is 3.46. The molecule has 0 N–H and O–H groups in total. The summed E-state index contributed by atoms with van der Waals surface area (Å²) in [4.78, 5) is 0.235. The van der Waals surface area contributed by atoms with Gasteiger partial charge in [0.1, 0.15) is 4.90 Å². The highest BCUT2D eigenvalue weighted by molar-refractivity contribution is 7.87. The lowest BCUT2D eigenvalue weighted by Gasteiger charge is -2.10. The molecule has 3 aromatic carbocycles. The van der Waals surface area contributed by atoms with E-state index in [1.807, 2.05) is 49.4 Å². The molecule has 0 aliphatic carbocycles. The first-order valence-electron chi connectivity index (χ1n) is 6.93. The van der Waals surface area contributed by atoms with Crippen molar-refractivity contribution in [2.24, 2.45) is 0 Å². The standard InChI is InChI=1S/C17H16O3S/c1-2-12-20-21(18,19)17-9-5-8-15-14-7-4-3-6-13(14)10-11-16(15)17/h3-11H,2,12H2,1H3. The average molecular weight is 300 g/mol. The third kappa shape index (κ3) is 2.52. The molecule has 3 nitrogen and oxygen atoms in total. The molecule has 0 atom stereocenters. The van der Waals surface area contributed by atoms with Crippen molar-refractivity contribution in [1.82, 2.24) is 0 Å². The van der Waals surface area contributed by atoms with Gasteiger partial charge < -0.3 is 0 Å². The van der Waals surface area contributed by atoms with Crippen LogP contribution in [0.15, 0.2) is 59.5 Å². The van der Waals surface area contributed by atoms with Crippen molar-refractivity contribution < 1.29 is 12.6 Å². The molecule has 4 heteroatoms. The van der Waals surface area contributed by atoms with Crippen LogP contribution in [0.25, 0.3) is 21.5 Å². The first-order chi connectivity index (χ1) is 10.1. The molecule has 0 amide bonds. The molecule has 0 bridgehead atoms. The molecule has 0 saturated heterocycles. The van der Waals surface area contributed by atoms with Crippen LogP contribution >= 0.6 is 0 Å². The first kappa shape index (κ1) is 14.0. The summed E-state index contributed by atoms with van der Waals surface area (Å²) in [6, 6.07) is 17.0. The molecule has 0 spiro atoms. The zero-order valence-electron chi connectivity index (χ0n) is 11.7. The van der Waals surface area contributed by atoms with Gasteiger partial charge in [0.2, 0.25) is 0 Å². The molecule has 3 rings (SSSR count). The Kier molecular flexibility index (Phi) is 3.66. The van der Waals surface area contributed by atoms with Crippen molar-refractivity contribution >= 4 is 31.7 Å². The van der Waals surface area contributed by atoms with Gasteiger partial charge in [-0.05, 0) is 28.6 Å². The molecule has 0 heterocycles. The van der Waals surface area contributed by atoms with Gasteiger partial charge in [-0.2, -0.15) is 8.42 Å². The minimum atomic E-state index is -3.72.